The Kier molecular flexibility index (Phi) is 4.68. The summed E-state index contributed by atoms with van der Waals surface area (Å²) < 4.78 is 0. The maximum absolute atomic E-state index is 2.23. The summed E-state index contributed by atoms with van der Waals surface area (Å²) in [6.45, 7) is 6.66. The van der Waals surface area contributed by atoms with Gasteiger partial charge in [0.25, 0.3) is 0 Å². The summed E-state index contributed by atoms with van der Waals surface area (Å²) in [6.07, 6.45) is 2.24. The van der Waals surface area contributed by atoms with E-state index in [1.165, 1.54) is 16.0 Å². The number of hydrogen-bond acceptors (Lipinski definition) is 1. The van der Waals surface area contributed by atoms with Gasteiger partial charge < -0.3 is 0 Å². The predicted octanol–water partition coefficient (Wildman–Crippen LogP) is 4.31. The normalized spacial score (nSPS) is 9.64. The Bertz CT molecular complexity index is 335. The molecule has 76 valence electrons. The van der Waals surface area contributed by atoms with Crippen LogP contribution in [0.25, 0.3) is 0 Å². The Morgan fingerprint density at radius 1 is 1.07 bits per heavy atom. The summed E-state index contributed by atoms with van der Waals surface area (Å²) in [5, 5.41) is 2.15. The summed E-state index contributed by atoms with van der Waals surface area (Å²) >= 11 is 1.82. The van der Waals surface area contributed by atoms with E-state index in [1.54, 1.807) is 0 Å². The first-order valence-corrected chi connectivity index (χ1v) is 6.06. The average molecular weight is 206 g/mol. The molecule has 0 fully saturated rings. The lowest BCUT2D eigenvalue weighted by Crippen LogP contribution is -1.89. The first-order valence-electron chi connectivity index (χ1n) is 5.18. The van der Waals surface area contributed by atoms with E-state index in [0.717, 1.165) is 12.8 Å². The molecular formula is C13H18S. The Labute approximate surface area is 90.9 Å². The van der Waals surface area contributed by atoms with Gasteiger partial charge in [-0.2, -0.15) is 0 Å². The van der Waals surface area contributed by atoms with E-state index in [-0.39, 0.29) is 0 Å². The average Bonchev–Trinajstić information content (AvgIpc) is 2.28. The molecule has 14 heavy (non-hydrogen) atoms. The second-order valence-corrected chi connectivity index (χ2v) is 4.39. The highest BCUT2D eigenvalue weighted by molar-refractivity contribution is 7.09. The minimum absolute atomic E-state index is 1.12. The van der Waals surface area contributed by atoms with Crippen molar-refractivity contribution in [1.29, 1.82) is 0 Å². The zero-order chi connectivity index (χ0) is 10.4. The van der Waals surface area contributed by atoms with Gasteiger partial charge in [-0.25, -0.2) is 0 Å². The zero-order valence-electron chi connectivity index (χ0n) is 9.21. The zero-order valence-corrected chi connectivity index (χ0v) is 10.0. The molecule has 1 aromatic rings. The van der Waals surface area contributed by atoms with Crippen LogP contribution in [0.15, 0.2) is 29.6 Å². The first-order chi connectivity index (χ1) is 6.79. The maximum atomic E-state index is 2.23. The smallest absolute Gasteiger partial charge is 0.00485 e. The van der Waals surface area contributed by atoms with Crippen molar-refractivity contribution in [2.45, 2.75) is 33.6 Å². The molecule has 0 N–H and O–H groups in total. The lowest BCUT2D eigenvalue weighted by Gasteiger charge is -2.04. The fourth-order valence-electron chi connectivity index (χ4n) is 1.63. The molecule has 0 radical (unpaired) electrons. The monoisotopic (exact) mass is 206 g/mol. The van der Waals surface area contributed by atoms with Crippen LogP contribution in [0.2, 0.25) is 0 Å². The van der Waals surface area contributed by atoms with Crippen molar-refractivity contribution in [3.63, 3.8) is 0 Å². The molecule has 0 aliphatic rings. The van der Waals surface area contributed by atoms with Crippen molar-refractivity contribution >= 4 is 11.3 Å². The number of aryl methyl sites for hydroxylation is 2. The third kappa shape index (κ3) is 2.85. The molecule has 1 heteroatoms. The van der Waals surface area contributed by atoms with Crippen LogP contribution in [-0.2, 0) is 12.8 Å². The van der Waals surface area contributed by atoms with Crippen LogP contribution in [0.5, 0.6) is 0 Å². The van der Waals surface area contributed by atoms with E-state index in [2.05, 4.69) is 50.4 Å². The molecule has 1 aromatic heterocycles. The first kappa shape index (κ1) is 11.3. The van der Waals surface area contributed by atoms with Crippen LogP contribution < -0.4 is 0 Å². The lowest BCUT2D eigenvalue weighted by molar-refractivity contribution is 1.03. The van der Waals surface area contributed by atoms with Crippen molar-refractivity contribution in [2.75, 3.05) is 0 Å². The summed E-state index contributed by atoms with van der Waals surface area (Å²) in [5.41, 5.74) is 2.98. The summed E-state index contributed by atoms with van der Waals surface area (Å²) in [4.78, 5) is 1.43. The standard InChI is InChI=1S/C13H18S/c1-4-12-9-7-6-8-10-14-11(3)13(12)5-2/h6-10H,4-5H2,1-3H3. The molecule has 0 unspecified atom stereocenters. The van der Waals surface area contributed by atoms with Gasteiger partial charge in [-0.05, 0) is 36.3 Å². The van der Waals surface area contributed by atoms with Crippen LogP contribution in [0.3, 0.4) is 0 Å². The van der Waals surface area contributed by atoms with Crippen molar-refractivity contribution in [3.8, 4) is 0 Å². The van der Waals surface area contributed by atoms with Crippen molar-refractivity contribution in [3.05, 3.63) is 45.6 Å². The van der Waals surface area contributed by atoms with Gasteiger partial charge in [0, 0.05) is 4.88 Å². The van der Waals surface area contributed by atoms with Gasteiger partial charge >= 0.3 is 0 Å². The van der Waals surface area contributed by atoms with Gasteiger partial charge in [-0.15, -0.1) is 11.3 Å². The Hall–Kier alpha value is -0.820. The second kappa shape index (κ2) is 5.82. The molecule has 1 rings (SSSR count). The van der Waals surface area contributed by atoms with E-state index in [0.29, 0.717) is 0 Å². The second-order valence-electron chi connectivity index (χ2n) is 3.27. The van der Waals surface area contributed by atoms with Crippen molar-refractivity contribution in [1.82, 2.24) is 0 Å². The highest BCUT2D eigenvalue weighted by atomic mass is 32.1. The van der Waals surface area contributed by atoms with Crippen molar-refractivity contribution in [2.24, 2.45) is 0 Å². The van der Waals surface area contributed by atoms with E-state index in [9.17, 15) is 0 Å². The molecule has 0 nitrogen and oxygen atoms in total. The Balaban J connectivity index is 3.43. The van der Waals surface area contributed by atoms with Crippen LogP contribution in [-0.4, -0.2) is 0 Å². The highest BCUT2D eigenvalue weighted by Gasteiger charge is 1.98. The minimum Gasteiger partial charge on any atom is -0.149 e. The van der Waals surface area contributed by atoms with Crippen molar-refractivity contribution < 1.29 is 0 Å². The molecule has 0 atom stereocenters. The Morgan fingerprint density at radius 2 is 1.86 bits per heavy atom. The fraction of sp³-hybridized carbons (Fsp3) is 0.385. The molecule has 0 saturated heterocycles. The molecule has 0 aliphatic carbocycles. The molecule has 1 heterocycles. The van der Waals surface area contributed by atoms with Gasteiger partial charge in [-0.3, -0.25) is 0 Å². The summed E-state index contributed by atoms with van der Waals surface area (Å²) in [6, 6.07) is 8.55. The van der Waals surface area contributed by atoms with Crippen LogP contribution in [0.4, 0.5) is 0 Å². The molecule has 0 aliphatic heterocycles. The quantitative estimate of drug-likeness (QED) is 0.676. The number of rotatable bonds is 2. The van der Waals surface area contributed by atoms with Gasteiger partial charge in [0.05, 0.1) is 0 Å². The van der Waals surface area contributed by atoms with Gasteiger partial charge in [0.15, 0.2) is 0 Å². The number of hydrogen-bond donors (Lipinski definition) is 0. The minimum atomic E-state index is 1.12. The van der Waals surface area contributed by atoms with Gasteiger partial charge in [0.2, 0.25) is 0 Å². The SMILES string of the molecule is CCc1cccccsc(C)c1CC. The van der Waals surface area contributed by atoms with E-state index >= 15 is 0 Å². The largest absolute Gasteiger partial charge is 0.149 e. The molecular weight excluding hydrogens is 188 g/mol. The van der Waals surface area contributed by atoms with Crippen LogP contribution in [0, 0.1) is 6.92 Å². The maximum Gasteiger partial charge on any atom is 0.00485 e. The lowest BCUT2D eigenvalue weighted by atomic mass is 10.1. The molecule has 0 spiro atoms. The molecule has 0 amide bonds. The molecule has 0 bridgehead atoms. The van der Waals surface area contributed by atoms with E-state index in [1.807, 2.05) is 11.3 Å². The van der Waals surface area contributed by atoms with E-state index in [4.69, 9.17) is 0 Å². The van der Waals surface area contributed by atoms with E-state index < -0.39 is 0 Å². The van der Waals surface area contributed by atoms with Crippen LogP contribution in [0.1, 0.15) is 29.9 Å². The molecule has 0 saturated carbocycles. The third-order valence-corrected chi connectivity index (χ3v) is 3.28. The topological polar surface area (TPSA) is 0 Å². The Morgan fingerprint density at radius 3 is 2.50 bits per heavy atom. The third-order valence-electron chi connectivity index (χ3n) is 2.39. The highest BCUT2D eigenvalue weighted by Crippen LogP contribution is 2.15. The fourth-order valence-corrected chi connectivity index (χ4v) is 2.42. The molecule has 0 aromatic carbocycles. The van der Waals surface area contributed by atoms with Crippen LogP contribution >= 0.6 is 11.3 Å². The predicted molar refractivity (Wildman–Crippen MR) is 65.4 cm³/mol. The van der Waals surface area contributed by atoms with Gasteiger partial charge in [0.1, 0.15) is 0 Å². The summed E-state index contributed by atoms with van der Waals surface area (Å²) in [7, 11) is 0. The van der Waals surface area contributed by atoms with Gasteiger partial charge in [-0.1, -0.05) is 38.1 Å². The summed E-state index contributed by atoms with van der Waals surface area (Å²) in [5.74, 6) is 0.